The first-order valence-corrected chi connectivity index (χ1v) is 9.17. The molecule has 0 aromatic carbocycles. The van der Waals surface area contributed by atoms with E-state index in [1.807, 2.05) is 20.8 Å². The number of hydrogen-bond donors (Lipinski definition) is 0. The van der Waals surface area contributed by atoms with Gasteiger partial charge in [-0.3, -0.25) is 0 Å². The van der Waals surface area contributed by atoms with Crippen molar-refractivity contribution >= 4 is 24.7 Å². The summed E-state index contributed by atoms with van der Waals surface area (Å²) in [5.41, 5.74) is 0. The highest BCUT2D eigenvalue weighted by atomic mass is 79.9. The number of rotatable bonds is 10. The Hall–Kier alpha value is 0.577. The van der Waals surface area contributed by atoms with Crippen LogP contribution in [0, 0.1) is 5.92 Å². The Bertz CT molecular complexity index is 152. The molecule has 0 radical (unpaired) electrons. The van der Waals surface area contributed by atoms with E-state index in [1.54, 1.807) is 0 Å². The summed E-state index contributed by atoms with van der Waals surface area (Å²) in [6.45, 7) is 10.2. The van der Waals surface area contributed by atoms with Crippen LogP contribution in [0.2, 0.25) is 6.04 Å². The molecule has 0 aromatic heterocycles. The van der Waals surface area contributed by atoms with Crippen molar-refractivity contribution in [2.45, 2.75) is 40.2 Å². The second-order valence-electron chi connectivity index (χ2n) is 3.77. The molecule has 16 heavy (non-hydrogen) atoms. The number of halogens is 1. The molecule has 0 saturated carbocycles. The predicted octanol–water partition coefficient (Wildman–Crippen LogP) is 3.46. The van der Waals surface area contributed by atoms with Gasteiger partial charge in [-0.1, -0.05) is 22.9 Å². The van der Waals surface area contributed by atoms with E-state index in [-0.39, 0.29) is 0 Å². The fourth-order valence-corrected chi connectivity index (χ4v) is 5.44. The zero-order chi connectivity index (χ0) is 12.4. The van der Waals surface area contributed by atoms with Gasteiger partial charge >= 0.3 is 8.80 Å². The van der Waals surface area contributed by atoms with Crippen molar-refractivity contribution in [3.05, 3.63) is 0 Å². The lowest BCUT2D eigenvalue weighted by Crippen LogP contribution is -2.47. The van der Waals surface area contributed by atoms with Gasteiger partial charge < -0.3 is 13.3 Å². The summed E-state index contributed by atoms with van der Waals surface area (Å²) in [7, 11) is -2.42. The first kappa shape index (κ1) is 16.6. The summed E-state index contributed by atoms with van der Waals surface area (Å²) in [6.07, 6.45) is 1.13. The van der Waals surface area contributed by atoms with Gasteiger partial charge in [-0.25, -0.2) is 0 Å². The minimum atomic E-state index is -2.42. The zero-order valence-electron chi connectivity index (χ0n) is 10.9. The Kier molecular flexibility index (Phi) is 9.94. The number of hydrogen-bond acceptors (Lipinski definition) is 3. The molecule has 1 atom stereocenters. The van der Waals surface area contributed by atoms with E-state index in [1.165, 1.54) is 0 Å². The second-order valence-corrected chi connectivity index (χ2v) is 7.20. The van der Waals surface area contributed by atoms with E-state index >= 15 is 0 Å². The molecule has 0 heterocycles. The van der Waals surface area contributed by atoms with Gasteiger partial charge in [-0.2, -0.15) is 0 Å². The fraction of sp³-hybridized carbons (Fsp3) is 1.00. The van der Waals surface area contributed by atoms with Crippen LogP contribution in [0.3, 0.4) is 0 Å². The largest absolute Gasteiger partial charge is 0.501 e. The molecule has 0 aromatic rings. The molecule has 0 amide bonds. The van der Waals surface area contributed by atoms with E-state index in [0.29, 0.717) is 25.7 Å². The van der Waals surface area contributed by atoms with E-state index in [2.05, 4.69) is 22.9 Å². The topological polar surface area (TPSA) is 27.7 Å². The van der Waals surface area contributed by atoms with Gasteiger partial charge in [0.1, 0.15) is 0 Å². The molecule has 98 valence electrons. The molecule has 0 bridgehead atoms. The standard InChI is InChI=1S/C11H25BrO3Si/c1-5-13-16(14-6-2,15-7-3)10-11(4)8-9-12/h11H,5-10H2,1-4H3. The average Bonchev–Trinajstić information content (AvgIpc) is 2.18. The lowest BCUT2D eigenvalue weighted by atomic mass is 10.2. The smallest absolute Gasteiger partial charge is 0.374 e. The first-order chi connectivity index (χ1) is 7.64. The minimum Gasteiger partial charge on any atom is -0.374 e. The molecule has 1 unspecified atom stereocenters. The molecule has 0 fully saturated rings. The van der Waals surface area contributed by atoms with Crippen molar-refractivity contribution < 1.29 is 13.3 Å². The van der Waals surface area contributed by atoms with Crippen LogP contribution in [0.25, 0.3) is 0 Å². The maximum absolute atomic E-state index is 5.81. The summed E-state index contributed by atoms with van der Waals surface area (Å²) in [5, 5.41) is 1.02. The maximum Gasteiger partial charge on any atom is 0.501 e. The summed E-state index contributed by atoms with van der Waals surface area (Å²) in [4.78, 5) is 0. The third-order valence-corrected chi connectivity index (χ3v) is 6.13. The molecule has 0 saturated heterocycles. The van der Waals surface area contributed by atoms with Gasteiger partial charge in [0.15, 0.2) is 0 Å². The summed E-state index contributed by atoms with van der Waals surface area (Å²) in [6, 6.07) is 0.911. The molecule has 0 aliphatic heterocycles. The van der Waals surface area contributed by atoms with Crippen LogP contribution in [0.5, 0.6) is 0 Å². The molecule has 0 aliphatic carbocycles. The summed E-state index contributed by atoms with van der Waals surface area (Å²) >= 11 is 3.47. The molecule has 0 spiro atoms. The van der Waals surface area contributed by atoms with Crippen LogP contribution in [-0.2, 0) is 13.3 Å². The molecule has 5 heteroatoms. The van der Waals surface area contributed by atoms with Crippen LogP contribution in [0.4, 0.5) is 0 Å². The molecule has 3 nitrogen and oxygen atoms in total. The Morgan fingerprint density at radius 1 is 1.00 bits per heavy atom. The lowest BCUT2D eigenvalue weighted by Gasteiger charge is -2.30. The SMILES string of the molecule is CCO[Si](CC(C)CCBr)(OCC)OCC. The highest BCUT2D eigenvalue weighted by molar-refractivity contribution is 9.09. The van der Waals surface area contributed by atoms with Crippen LogP contribution < -0.4 is 0 Å². The third-order valence-electron chi connectivity index (χ3n) is 2.29. The Morgan fingerprint density at radius 3 is 1.75 bits per heavy atom. The Labute approximate surface area is 109 Å². The Balaban J connectivity index is 4.44. The average molecular weight is 313 g/mol. The van der Waals surface area contributed by atoms with Crippen molar-refractivity contribution in [2.75, 3.05) is 25.2 Å². The fourth-order valence-electron chi connectivity index (χ4n) is 1.68. The van der Waals surface area contributed by atoms with E-state index in [9.17, 15) is 0 Å². The maximum atomic E-state index is 5.81. The lowest BCUT2D eigenvalue weighted by molar-refractivity contribution is 0.0675. The number of alkyl halides is 1. The van der Waals surface area contributed by atoms with E-state index in [4.69, 9.17) is 13.3 Å². The molecule has 0 aliphatic rings. The highest BCUT2D eigenvalue weighted by Crippen LogP contribution is 2.23. The van der Waals surface area contributed by atoms with Crippen molar-refractivity contribution in [3.8, 4) is 0 Å². The summed E-state index contributed by atoms with van der Waals surface area (Å²) in [5.74, 6) is 0.565. The van der Waals surface area contributed by atoms with Crippen molar-refractivity contribution in [1.29, 1.82) is 0 Å². The molecule has 0 N–H and O–H groups in total. The highest BCUT2D eigenvalue weighted by Gasteiger charge is 2.41. The van der Waals surface area contributed by atoms with E-state index < -0.39 is 8.80 Å². The van der Waals surface area contributed by atoms with Crippen molar-refractivity contribution in [1.82, 2.24) is 0 Å². The van der Waals surface area contributed by atoms with Crippen molar-refractivity contribution in [2.24, 2.45) is 5.92 Å². The van der Waals surface area contributed by atoms with Crippen LogP contribution >= 0.6 is 15.9 Å². The van der Waals surface area contributed by atoms with Crippen molar-refractivity contribution in [3.63, 3.8) is 0 Å². The van der Waals surface area contributed by atoms with Gasteiger partial charge in [0, 0.05) is 31.2 Å². The van der Waals surface area contributed by atoms with Gasteiger partial charge in [0.2, 0.25) is 0 Å². The third kappa shape index (κ3) is 6.35. The first-order valence-electron chi connectivity index (χ1n) is 6.11. The van der Waals surface area contributed by atoms with Gasteiger partial charge in [-0.05, 0) is 33.1 Å². The summed E-state index contributed by atoms with van der Waals surface area (Å²) < 4.78 is 17.4. The van der Waals surface area contributed by atoms with Crippen LogP contribution in [0.15, 0.2) is 0 Å². The predicted molar refractivity (Wildman–Crippen MR) is 73.0 cm³/mol. The van der Waals surface area contributed by atoms with Gasteiger partial charge in [0.05, 0.1) is 0 Å². The van der Waals surface area contributed by atoms with E-state index in [0.717, 1.165) is 17.8 Å². The normalized spacial score (nSPS) is 14.1. The molecule has 0 rings (SSSR count). The minimum absolute atomic E-state index is 0.565. The van der Waals surface area contributed by atoms with Crippen LogP contribution in [-0.4, -0.2) is 34.0 Å². The van der Waals surface area contributed by atoms with Crippen LogP contribution in [0.1, 0.15) is 34.1 Å². The van der Waals surface area contributed by atoms with Gasteiger partial charge in [0.25, 0.3) is 0 Å². The monoisotopic (exact) mass is 312 g/mol. The molecular formula is C11H25BrO3Si. The zero-order valence-corrected chi connectivity index (χ0v) is 13.5. The quantitative estimate of drug-likeness (QED) is 0.457. The van der Waals surface area contributed by atoms with Gasteiger partial charge in [-0.15, -0.1) is 0 Å². The second kappa shape index (κ2) is 9.59. The molecular weight excluding hydrogens is 288 g/mol. The Morgan fingerprint density at radius 2 is 1.44 bits per heavy atom.